The number of benzene rings is 4. The topological polar surface area (TPSA) is 288 Å². The van der Waals surface area contributed by atoms with E-state index in [1.54, 1.807) is 56.4 Å². The maximum Gasteiger partial charge on any atom is 0.335 e. The molecule has 10 N–H and O–H groups in total. The van der Waals surface area contributed by atoms with E-state index in [1.165, 1.54) is 25.0 Å². The Morgan fingerprint density at radius 2 is 0.991 bits per heavy atom. The molecule has 4 aromatic carbocycles. The first-order valence-electron chi connectivity index (χ1n) is 39.1. The van der Waals surface area contributed by atoms with Gasteiger partial charge in [0.1, 0.15) is 35.8 Å². The van der Waals surface area contributed by atoms with Gasteiger partial charge in [0.05, 0.1) is 68.3 Å². The lowest BCUT2D eigenvalue weighted by molar-refractivity contribution is -0.183. The molecular weight excluding hydrogens is 1430 g/mol. The number of aliphatic hydroxyl groups is 4. The van der Waals surface area contributed by atoms with Crippen LogP contribution in [0.3, 0.4) is 0 Å². The van der Waals surface area contributed by atoms with Gasteiger partial charge in [0.25, 0.3) is 5.91 Å². The number of aromatic carboxylic acids is 1. The fourth-order valence-electron chi connectivity index (χ4n) is 18.6. The summed E-state index contributed by atoms with van der Waals surface area (Å²) in [4.78, 5) is 74.6. The van der Waals surface area contributed by atoms with Crippen molar-refractivity contribution in [3.8, 4) is 33.8 Å². The summed E-state index contributed by atoms with van der Waals surface area (Å²) in [6, 6.07) is 16.4. The minimum absolute atomic E-state index is 0.0167. The number of likely N-dealkylation sites (N-methyl/N-ethyl adjacent to an activating group) is 2. The van der Waals surface area contributed by atoms with Crippen molar-refractivity contribution in [1.82, 2.24) is 35.9 Å². The number of ether oxygens (including phenoxy) is 2. The van der Waals surface area contributed by atoms with Crippen molar-refractivity contribution in [2.45, 2.75) is 195 Å². The van der Waals surface area contributed by atoms with Crippen molar-refractivity contribution in [2.24, 2.45) is 75.7 Å². The Hall–Kier alpha value is -5.90. The predicted molar refractivity (Wildman–Crippen MR) is 433 cm³/mol. The molecule has 4 bridgehead atoms. The zero-order chi connectivity index (χ0) is 80.9. The summed E-state index contributed by atoms with van der Waals surface area (Å²) in [7, 11) is 18.7. The van der Waals surface area contributed by atoms with E-state index < -0.39 is 54.3 Å². The summed E-state index contributed by atoms with van der Waals surface area (Å²) < 4.78 is 12.0. The number of carbonyl (C=O) groups excluding carboxylic acids is 3. The highest BCUT2D eigenvalue weighted by molar-refractivity contribution is 6.34. The van der Waals surface area contributed by atoms with Gasteiger partial charge in [-0.05, 0) is 198 Å². The molecule has 18 atom stereocenters. The number of rotatable bonds is 29. The van der Waals surface area contributed by atoms with Gasteiger partial charge in [0.2, 0.25) is 11.8 Å². The lowest BCUT2D eigenvalue weighted by Gasteiger charge is -2.62. The van der Waals surface area contributed by atoms with E-state index in [0.29, 0.717) is 114 Å². The van der Waals surface area contributed by atoms with E-state index in [2.05, 4.69) is 109 Å². The van der Waals surface area contributed by atoms with Gasteiger partial charge in [-0.25, -0.2) is 4.79 Å². The molecule has 12 rings (SSSR count). The molecule has 608 valence electrons. The molecule has 0 aromatic heterocycles. The third-order valence-electron chi connectivity index (χ3n) is 24.6. The second-order valence-corrected chi connectivity index (χ2v) is 35.9. The summed E-state index contributed by atoms with van der Waals surface area (Å²) >= 11 is 13.7. The highest BCUT2D eigenvalue weighted by atomic mass is 35.5. The normalized spacial score (nSPS) is 27.1. The predicted octanol–water partition coefficient (Wildman–Crippen LogP) is 10.8. The largest absolute Gasteiger partial charge is 0.496 e. The molecule has 8 aliphatic rings. The molecule has 6 saturated carbocycles. The number of nitrogens with zero attached hydrogens (tertiary/aromatic N) is 6. The standard InChI is InChI=1S/C42H64ClN5O6.C34H46ClN3O7.C8H20N2/c1-23(2)14-30(21-46(7)8)44-40(51)28-15-27(16-31(17-28)47(9)10)37-33(43)13-12-26(39(37)53-11)20-48-38(36(25(4)50)35(22-49)54-48)41(52)45-34-19-29-18-32(24(34)3)42(29,5)6;1-17-24-13-22(34(24,3)4)14-26(17)36-32(41)30-28(18(2)40)27(16-39)45-38(30)15-19-8-9-25(35)29(31(19)44-7)20-10-21(33(42)43)12-23(11-20)37(5)6;1-7(2)5-8(9)6-10(3)4/h12-13,15-17,23-25,29-30,32,34-36,38,49-50H,14,18-22H2,1-11H3,(H,44,51)(H,45,52);8-12,17-18,22,24,26-28,30,39-40H,13-16H2,1-7H3,(H,36,41)(H,42,43);7-8H,5-6,9H2,1-4H3/t24-,25-,29+,30-,32?,34-,35-,36+,38-;17-,18-,22+,24?,26-,27-,28+,30-;8-/m000/s1. The number of hydrogen-bond donors (Lipinski definition) is 9. The Morgan fingerprint density at radius 1 is 0.596 bits per heavy atom. The zero-order valence-corrected chi connectivity index (χ0v) is 70.3. The molecule has 6 aliphatic carbocycles. The summed E-state index contributed by atoms with van der Waals surface area (Å²) in [6.07, 6.45) is 2.76. The van der Waals surface area contributed by atoms with Crippen LogP contribution in [0, 0.1) is 70.0 Å². The molecule has 23 nitrogen and oxygen atoms in total. The first-order valence-corrected chi connectivity index (χ1v) is 39.8. The zero-order valence-electron chi connectivity index (χ0n) is 68.8. The van der Waals surface area contributed by atoms with Crippen molar-refractivity contribution in [3.05, 3.63) is 93.0 Å². The van der Waals surface area contributed by atoms with Crippen molar-refractivity contribution in [1.29, 1.82) is 0 Å². The molecular formula is C84H130Cl2N10O13. The number of carbonyl (C=O) groups is 4. The average Bonchev–Trinajstić information content (AvgIpc) is 1.28. The van der Waals surface area contributed by atoms with E-state index in [1.807, 2.05) is 82.4 Å². The molecule has 0 radical (unpaired) electrons. The first kappa shape index (κ1) is 88.7. The number of nitrogens with two attached hydrogens (primary N) is 1. The molecule has 109 heavy (non-hydrogen) atoms. The molecule has 2 saturated heterocycles. The lowest BCUT2D eigenvalue weighted by Crippen LogP contribution is -2.62. The molecule has 0 spiro atoms. The van der Waals surface area contributed by atoms with E-state index in [0.717, 1.165) is 50.4 Å². The van der Waals surface area contributed by atoms with Crippen molar-refractivity contribution in [2.75, 3.05) is 107 Å². The van der Waals surface area contributed by atoms with Gasteiger partial charge in [-0.2, -0.15) is 10.1 Å². The highest BCUT2D eigenvalue weighted by Gasteiger charge is 2.59. The van der Waals surface area contributed by atoms with Crippen LogP contribution in [-0.4, -0.2) is 227 Å². The van der Waals surface area contributed by atoms with Crippen LogP contribution in [0.4, 0.5) is 11.4 Å². The van der Waals surface area contributed by atoms with Crippen LogP contribution in [0.15, 0.2) is 60.7 Å². The minimum Gasteiger partial charge on any atom is -0.496 e. The Morgan fingerprint density at radius 3 is 1.32 bits per heavy atom. The fraction of sp³-hybridized carbons (Fsp3) is 0.667. The number of carboxylic acids is 1. The first-order chi connectivity index (χ1) is 51.1. The summed E-state index contributed by atoms with van der Waals surface area (Å²) in [5.74, 6) is 1.80. The van der Waals surface area contributed by atoms with E-state index in [4.69, 9.17) is 48.1 Å². The van der Waals surface area contributed by atoms with Crippen LogP contribution in [0.5, 0.6) is 11.5 Å². The van der Waals surface area contributed by atoms with Crippen LogP contribution >= 0.6 is 23.2 Å². The SMILES string of the molecule is CC(C)C[C@H](N)CN(C)C.COc1c(CN2O[C@@H](CO)[C@@H]([C@H](C)O)[C@H]2C(=O)N[C@H]2C[C@H]3CC([C@@H]2C)C3(C)C)ccc(Cl)c1-c1cc(C(=O)N[C@@H](CC(C)C)CN(C)C)cc(N(C)C)c1.COc1c(CN2O[C@@H](CO)[C@@H]([C@H](C)O)[C@H]2C(=O)N[C@H]2C[C@H]3CC([C@@H]2C)C3(C)C)ccc(Cl)c1-c1cc(C(=O)O)cc(N(C)C)c1. The van der Waals surface area contributed by atoms with Gasteiger partial charge < -0.3 is 76.3 Å². The quantitative estimate of drug-likeness (QED) is 0.0244. The Bertz CT molecular complexity index is 3740. The van der Waals surface area contributed by atoms with Crippen LogP contribution in [-0.2, 0) is 32.4 Å². The van der Waals surface area contributed by atoms with Gasteiger partial charge in [0, 0.05) is 116 Å². The van der Waals surface area contributed by atoms with Crippen LogP contribution in [0.2, 0.25) is 10.0 Å². The molecule has 3 amide bonds. The highest BCUT2D eigenvalue weighted by Crippen LogP contribution is 2.62. The van der Waals surface area contributed by atoms with Crippen molar-refractivity contribution >= 4 is 58.3 Å². The Labute approximate surface area is 659 Å². The number of hydrogen-bond acceptors (Lipinski definition) is 19. The Kier molecular flexibility index (Phi) is 30.4. The van der Waals surface area contributed by atoms with Crippen molar-refractivity contribution in [3.63, 3.8) is 0 Å². The summed E-state index contributed by atoms with van der Waals surface area (Å²) in [6.45, 7) is 26.9. The minimum atomic E-state index is -1.07. The van der Waals surface area contributed by atoms with Gasteiger partial charge in [-0.1, -0.05) is 105 Å². The number of amides is 3. The van der Waals surface area contributed by atoms with Crippen LogP contribution < -0.4 is 41.0 Å². The molecule has 4 aromatic rings. The number of hydroxylamine groups is 4. The lowest BCUT2D eigenvalue weighted by atomic mass is 9.45. The maximum atomic E-state index is 14.3. The number of aliphatic hydroxyl groups excluding tert-OH is 4. The molecule has 2 aliphatic heterocycles. The van der Waals surface area contributed by atoms with E-state index in [9.17, 15) is 44.7 Å². The van der Waals surface area contributed by atoms with Gasteiger partial charge >= 0.3 is 5.97 Å². The molecule has 8 fully saturated rings. The molecule has 2 heterocycles. The fourth-order valence-corrected chi connectivity index (χ4v) is 19.2. The number of fused-ring (bicyclic) bond motifs is 4. The summed E-state index contributed by atoms with van der Waals surface area (Å²) in [5, 5.41) is 66.0. The third kappa shape index (κ3) is 20.4. The van der Waals surface area contributed by atoms with Crippen LogP contribution in [0.25, 0.3) is 22.3 Å². The monoisotopic (exact) mass is 1560 g/mol. The second kappa shape index (κ2) is 37.4. The Balaban J connectivity index is 0.000000246. The molecule has 25 heteroatoms. The third-order valence-corrected chi connectivity index (χ3v) is 25.2. The summed E-state index contributed by atoms with van der Waals surface area (Å²) in [5.41, 5.74) is 12.2. The number of halogens is 2. The van der Waals surface area contributed by atoms with E-state index >= 15 is 0 Å². The molecule has 2 unspecified atom stereocenters. The average molecular weight is 1560 g/mol. The number of methoxy groups -OCH3 is 2. The van der Waals surface area contributed by atoms with Gasteiger partial charge in [-0.3, -0.25) is 24.1 Å². The van der Waals surface area contributed by atoms with Gasteiger partial charge in [-0.15, -0.1) is 0 Å². The van der Waals surface area contributed by atoms with E-state index in [-0.39, 0.29) is 78.5 Å². The number of carboxylic acid groups (broad SMARTS) is 1. The number of anilines is 2. The van der Waals surface area contributed by atoms with Gasteiger partial charge in [0.15, 0.2) is 0 Å². The van der Waals surface area contributed by atoms with Crippen LogP contribution in [0.1, 0.15) is 153 Å². The van der Waals surface area contributed by atoms with Crippen molar-refractivity contribution < 1.29 is 63.9 Å². The maximum absolute atomic E-state index is 14.3. The smallest absolute Gasteiger partial charge is 0.335 e. The second-order valence-electron chi connectivity index (χ2n) is 35.0. The number of nitrogens with one attached hydrogen (secondary N) is 3.